The van der Waals surface area contributed by atoms with E-state index in [2.05, 4.69) is 21.2 Å². The van der Waals surface area contributed by atoms with E-state index in [1.165, 1.54) is 11.3 Å². The van der Waals surface area contributed by atoms with E-state index in [4.69, 9.17) is 11.6 Å². The van der Waals surface area contributed by atoms with Gasteiger partial charge in [0.25, 0.3) is 5.91 Å². The van der Waals surface area contributed by atoms with Crippen LogP contribution < -0.4 is 5.32 Å². The normalized spacial score (nSPS) is 10.7. The Morgan fingerprint density at radius 2 is 2.36 bits per heavy atom. The molecular formula is C9H9BrClNOS. The quantitative estimate of drug-likeness (QED) is 0.671. The van der Waals surface area contributed by atoms with Crippen molar-refractivity contribution in [3.05, 3.63) is 32.9 Å². The Balaban J connectivity index is 2.39. The molecule has 0 saturated heterocycles. The minimum Gasteiger partial charge on any atom is -0.348 e. The van der Waals surface area contributed by atoms with Gasteiger partial charge in [-0.3, -0.25) is 4.79 Å². The van der Waals surface area contributed by atoms with Crippen LogP contribution in [-0.4, -0.2) is 18.3 Å². The third-order valence-electron chi connectivity index (χ3n) is 1.43. The van der Waals surface area contributed by atoms with Crippen molar-refractivity contribution < 1.29 is 4.79 Å². The molecule has 0 atom stereocenters. The molecule has 0 aliphatic heterocycles. The molecule has 1 aromatic heterocycles. The first kappa shape index (κ1) is 11.8. The Kier molecular flexibility index (Phi) is 5.22. The minimum absolute atomic E-state index is 0.0556. The van der Waals surface area contributed by atoms with Crippen LogP contribution in [0.1, 0.15) is 9.67 Å². The van der Waals surface area contributed by atoms with Gasteiger partial charge in [-0.25, -0.2) is 0 Å². The predicted molar refractivity (Wildman–Crippen MR) is 64.2 cm³/mol. The molecular weight excluding hydrogens is 286 g/mol. The van der Waals surface area contributed by atoms with E-state index in [-0.39, 0.29) is 5.91 Å². The Morgan fingerprint density at radius 3 is 2.93 bits per heavy atom. The van der Waals surface area contributed by atoms with Gasteiger partial charge in [-0.15, -0.1) is 22.9 Å². The van der Waals surface area contributed by atoms with Gasteiger partial charge in [-0.05, 0) is 28.1 Å². The van der Waals surface area contributed by atoms with Crippen LogP contribution in [0, 0.1) is 0 Å². The predicted octanol–water partition coefficient (Wildman–Crippen LogP) is 3.04. The third kappa shape index (κ3) is 3.82. The number of hydrogen-bond acceptors (Lipinski definition) is 2. The van der Waals surface area contributed by atoms with Crippen LogP contribution in [0.2, 0.25) is 0 Å². The molecule has 1 heterocycles. The molecule has 1 rings (SSSR count). The van der Waals surface area contributed by atoms with Gasteiger partial charge in [0.2, 0.25) is 0 Å². The van der Waals surface area contributed by atoms with E-state index >= 15 is 0 Å². The average molecular weight is 295 g/mol. The molecule has 2 nitrogen and oxygen atoms in total. The standard InChI is InChI=1S/C9H9BrClNOS/c10-8-4-3-7(14-8)9(13)12-6-2-1-5-11/h1-4H,5-6H2,(H,12,13)/b2-1+. The van der Waals surface area contributed by atoms with Crippen LogP contribution in [-0.2, 0) is 0 Å². The number of rotatable bonds is 4. The summed E-state index contributed by atoms with van der Waals surface area (Å²) in [6, 6.07) is 3.64. The summed E-state index contributed by atoms with van der Waals surface area (Å²) >= 11 is 10.1. The molecule has 14 heavy (non-hydrogen) atoms. The Bertz CT molecular complexity index is 337. The van der Waals surface area contributed by atoms with Crippen molar-refractivity contribution in [3.63, 3.8) is 0 Å². The van der Waals surface area contributed by atoms with Gasteiger partial charge in [0.15, 0.2) is 0 Å². The SMILES string of the molecule is O=C(NC/C=C/CCl)c1ccc(Br)s1. The first-order valence-electron chi connectivity index (χ1n) is 3.98. The molecule has 1 amide bonds. The van der Waals surface area contributed by atoms with Crippen molar-refractivity contribution in [1.82, 2.24) is 5.32 Å². The zero-order valence-corrected chi connectivity index (χ0v) is 10.5. The first-order chi connectivity index (χ1) is 6.74. The zero-order valence-electron chi connectivity index (χ0n) is 7.30. The highest BCUT2D eigenvalue weighted by atomic mass is 79.9. The van der Waals surface area contributed by atoms with E-state index in [1.807, 2.05) is 12.1 Å². The number of carbonyl (C=O) groups excluding carboxylic acids is 1. The lowest BCUT2D eigenvalue weighted by molar-refractivity contribution is 0.0962. The molecule has 0 bridgehead atoms. The van der Waals surface area contributed by atoms with E-state index in [1.54, 1.807) is 12.1 Å². The van der Waals surface area contributed by atoms with Crippen molar-refractivity contribution in [2.45, 2.75) is 0 Å². The Hall–Kier alpha value is -0.320. The fraction of sp³-hybridized carbons (Fsp3) is 0.222. The average Bonchev–Trinajstić information content (AvgIpc) is 2.59. The molecule has 0 saturated carbocycles. The number of thiophene rings is 1. The summed E-state index contributed by atoms with van der Waals surface area (Å²) in [5, 5.41) is 2.75. The number of hydrogen-bond donors (Lipinski definition) is 1. The molecule has 76 valence electrons. The largest absolute Gasteiger partial charge is 0.348 e. The highest BCUT2D eigenvalue weighted by molar-refractivity contribution is 9.11. The van der Waals surface area contributed by atoms with E-state index < -0.39 is 0 Å². The number of alkyl halides is 1. The summed E-state index contributed by atoms with van der Waals surface area (Å²) in [4.78, 5) is 12.1. The number of amides is 1. The summed E-state index contributed by atoms with van der Waals surface area (Å²) in [6.45, 7) is 0.515. The molecule has 0 unspecified atom stereocenters. The second kappa shape index (κ2) is 6.22. The van der Waals surface area contributed by atoms with Gasteiger partial charge in [0.05, 0.1) is 8.66 Å². The number of nitrogens with one attached hydrogen (secondary N) is 1. The molecule has 0 fully saturated rings. The molecule has 0 aromatic carbocycles. The summed E-state index contributed by atoms with van der Waals surface area (Å²) in [5.74, 6) is 0.417. The maximum Gasteiger partial charge on any atom is 0.261 e. The summed E-state index contributed by atoms with van der Waals surface area (Å²) in [5.41, 5.74) is 0. The molecule has 0 spiro atoms. The van der Waals surface area contributed by atoms with Crippen LogP contribution >= 0.6 is 38.9 Å². The lowest BCUT2D eigenvalue weighted by Gasteiger charge is -1.97. The molecule has 5 heteroatoms. The zero-order chi connectivity index (χ0) is 10.4. The maximum absolute atomic E-state index is 11.4. The summed E-state index contributed by atoms with van der Waals surface area (Å²) < 4.78 is 0.957. The number of allylic oxidation sites excluding steroid dienone is 1. The van der Waals surface area contributed by atoms with Crippen molar-refractivity contribution in [1.29, 1.82) is 0 Å². The fourth-order valence-electron chi connectivity index (χ4n) is 0.821. The number of halogens is 2. The van der Waals surface area contributed by atoms with Crippen LogP contribution in [0.5, 0.6) is 0 Å². The third-order valence-corrected chi connectivity index (χ3v) is 3.23. The van der Waals surface area contributed by atoms with Crippen LogP contribution in [0.25, 0.3) is 0 Å². The molecule has 1 aromatic rings. The first-order valence-corrected chi connectivity index (χ1v) is 6.13. The van der Waals surface area contributed by atoms with Crippen LogP contribution in [0.15, 0.2) is 28.1 Å². The van der Waals surface area contributed by atoms with Crippen molar-refractivity contribution in [2.24, 2.45) is 0 Å². The topological polar surface area (TPSA) is 29.1 Å². The second-order valence-electron chi connectivity index (χ2n) is 2.44. The van der Waals surface area contributed by atoms with Crippen molar-refractivity contribution in [3.8, 4) is 0 Å². The van der Waals surface area contributed by atoms with Crippen LogP contribution in [0.4, 0.5) is 0 Å². The van der Waals surface area contributed by atoms with Crippen LogP contribution in [0.3, 0.4) is 0 Å². The maximum atomic E-state index is 11.4. The number of carbonyl (C=O) groups is 1. The van der Waals surface area contributed by atoms with Crippen molar-refractivity contribution in [2.75, 3.05) is 12.4 Å². The smallest absolute Gasteiger partial charge is 0.261 e. The van der Waals surface area contributed by atoms with Gasteiger partial charge in [-0.2, -0.15) is 0 Å². The van der Waals surface area contributed by atoms with Gasteiger partial charge < -0.3 is 5.32 Å². The lowest BCUT2D eigenvalue weighted by Crippen LogP contribution is -2.22. The van der Waals surface area contributed by atoms with Crippen molar-refractivity contribution >= 4 is 44.8 Å². The molecule has 0 radical (unpaired) electrons. The highest BCUT2D eigenvalue weighted by Gasteiger charge is 2.05. The molecule has 0 aliphatic carbocycles. The summed E-state index contributed by atoms with van der Waals surface area (Å²) in [7, 11) is 0. The second-order valence-corrected chi connectivity index (χ2v) is 5.21. The van der Waals surface area contributed by atoms with E-state index in [9.17, 15) is 4.79 Å². The van der Waals surface area contributed by atoms with Gasteiger partial charge in [-0.1, -0.05) is 12.2 Å². The lowest BCUT2D eigenvalue weighted by atomic mass is 10.4. The Labute approximate surface area is 100 Å². The molecule has 1 N–H and O–H groups in total. The fourth-order valence-corrected chi connectivity index (χ4v) is 2.25. The highest BCUT2D eigenvalue weighted by Crippen LogP contribution is 2.21. The van der Waals surface area contributed by atoms with Gasteiger partial charge in [0.1, 0.15) is 0 Å². The minimum atomic E-state index is -0.0556. The monoisotopic (exact) mass is 293 g/mol. The van der Waals surface area contributed by atoms with E-state index in [0.717, 1.165) is 3.79 Å². The van der Waals surface area contributed by atoms with Gasteiger partial charge in [0, 0.05) is 12.4 Å². The summed E-state index contributed by atoms with van der Waals surface area (Å²) in [6.07, 6.45) is 3.62. The van der Waals surface area contributed by atoms with E-state index in [0.29, 0.717) is 17.3 Å². The molecule has 0 aliphatic rings. The van der Waals surface area contributed by atoms with Gasteiger partial charge >= 0.3 is 0 Å². The Morgan fingerprint density at radius 1 is 1.57 bits per heavy atom.